The van der Waals surface area contributed by atoms with Crippen LogP contribution in [0.2, 0.25) is 5.04 Å². The maximum Gasteiger partial charge on any atom is 0.261 e. The van der Waals surface area contributed by atoms with E-state index in [2.05, 4.69) is 117 Å². The van der Waals surface area contributed by atoms with Gasteiger partial charge in [-0.1, -0.05) is 142 Å². The van der Waals surface area contributed by atoms with E-state index in [-0.39, 0.29) is 17.5 Å². The summed E-state index contributed by atoms with van der Waals surface area (Å²) >= 11 is 0. The molecule has 1 amide bonds. The lowest BCUT2D eigenvalue weighted by Crippen LogP contribution is -2.67. The standard InChI is InChI=1S/C44H44N2O4Si/c1-43(2,3)51(37-20-10-6-11-21-37,38-22-12-7-13-23-38)50-41(33-26-28-35(48-4)29-27-33)31-45-44(34-17-8-5-9-18-34)40-25-15-14-24-39(40)42(47)46(44)32-36-19-16-30-49-36/h5-30,41,45H,31-32H2,1-4H3/t41-,44?/m1/s1. The van der Waals surface area contributed by atoms with Crippen LogP contribution >= 0.6 is 0 Å². The molecule has 1 unspecified atom stereocenters. The highest BCUT2D eigenvalue weighted by molar-refractivity contribution is 6.99. The Balaban J connectivity index is 1.40. The number of furan rings is 1. The zero-order chi connectivity index (χ0) is 35.5. The third kappa shape index (κ3) is 6.22. The van der Waals surface area contributed by atoms with Crippen LogP contribution in [0.25, 0.3) is 0 Å². The molecular formula is C44H44N2O4Si. The first-order chi connectivity index (χ1) is 24.8. The molecule has 0 aliphatic carbocycles. The lowest BCUT2D eigenvalue weighted by atomic mass is 9.90. The smallest absolute Gasteiger partial charge is 0.261 e. The first kappa shape index (κ1) is 34.2. The second-order valence-electron chi connectivity index (χ2n) is 14.0. The van der Waals surface area contributed by atoms with Crippen molar-refractivity contribution < 1.29 is 18.4 Å². The molecule has 7 rings (SSSR count). The Morgan fingerprint density at radius 3 is 1.90 bits per heavy atom. The fourth-order valence-corrected chi connectivity index (χ4v) is 12.3. The van der Waals surface area contributed by atoms with Crippen molar-refractivity contribution in [2.45, 2.75) is 44.1 Å². The fraction of sp³-hybridized carbons (Fsp3) is 0.205. The molecule has 2 atom stereocenters. The number of carbonyl (C=O) groups excluding carboxylic acids is 1. The number of nitrogens with one attached hydrogen (secondary N) is 1. The summed E-state index contributed by atoms with van der Waals surface area (Å²) in [7, 11) is -1.34. The van der Waals surface area contributed by atoms with Crippen LogP contribution in [0.15, 0.2) is 162 Å². The second-order valence-corrected chi connectivity index (χ2v) is 18.3. The molecule has 0 saturated carbocycles. The third-order valence-corrected chi connectivity index (χ3v) is 15.1. The van der Waals surface area contributed by atoms with E-state index in [1.165, 1.54) is 10.4 Å². The van der Waals surface area contributed by atoms with Crippen LogP contribution in [0.3, 0.4) is 0 Å². The largest absolute Gasteiger partial charge is 0.497 e. The minimum atomic E-state index is -3.02. The molecule has 0 fully saturated rings. The van der Waals surface area contributed by atoms with Crippen molar-refractivity contribution in [1.29, 1.82) is 0 Å². The minimum Gasteiger partial charge on any atom is -0.497 e. The molecule has 1 aliphatic heterocycles. The number of rotatable bonds is 12. The topological polar surface area (TPSA) is 63.9 Å². The predicted octanol–water partition coefficient (Wildman–Crippen LogP) is 8.05. The quantitative estimate of drug-likeness (QED) is 0.132. The monoisotopic (exact) mass is 692 g/mol. The maximum atomic E-state index is 14.4. The predicted molar refractivity (Wildman–Crippen MR) is 205 cm³/mol. The minimum absolute atomic E-state index is 0.0627. The molecule has 1 aliphatic rings. The number of carbonyl (C=O) groups is 1. The van der Waals surface area contributed by atoms with Gasteiger partial charge in [0.25, 0.3) is 14.2 Å². The molecule has 1 aromatic heterocycles. The summed E-state index contributed by atoms with van der Waals surface area (Å²) in [6.45, 7) is 7.55. The van der Waals surface area contributed by atoms with Crippen LogP contribution in [0.5, 0.6) is 5.75 Å². The Bertz CT molecular complexity index is 2010. The van der Waals surface area contributed by atoms with E-state index in [9.17, 15) is 4.79 Å². The van der Waals surface area contributed by atoms with Gasteiger partial charge in [-0.3, -0.25) is 10.1 Å². The van der Waals surface area contributed by atoms with E-state index >= 15 is 0 Å². The Morgan fingerprint density at radius 1 is 0.745 bits per heavy atom. The van der Waals surface area contributed by atoms with Crippen LogP contribution in [-0.4, -0.2) is 32.8 Å². The Kier molecular flexibility index (Phi) is 9.53. The molecule has 5 aromatic carbocycles. The van der Waals surface area contributed by atoms with Crippen molar-refractivity contribution >= 4 is 24.6 Å². The number of ether oxygens (including phenoxy) is 1. The van der Waals surface area contributed by atoms with E-state index in [0.717, 1.165) is 22.4 Å². The first-order valence-electron chi connectivity index (χ1n) is 17.4. The highest BCUT2D eigenvalue weighted by atomic mass is 28.4. The molecule has 0 spiro atoms. The van der Waals surface area contributed by atoms with Crippen molar-refractivity contribution in [3.8, 4) is 5.75 Å². The van der Waals surface area contributed by atoms with Crippen LogP contribution in [0, 0.1) is 0 Å². The number of nitrogens with zero attached hydrogens (tertiary/aromatic N) is 1. The molecule has 0 bridgehead atoms. The van der Waals surface area contributed by atoms with Crippen molar-refractivity contribution in [1.82, 2.24) is 10.2 Å². The molecule has 2 heterocycles. The van der Waals surface area contributed by atoms with E-state index in [1.54, 1.807) is 13.4 Å². The SMILES string of the molecule is COc1ccc([C@@H](CNC2(c3ccccc3)c3ccccc3C(=O)N2Cc2ccco2)O[Si](c2ccccc2)(c2ccccc2)C(C)(C)C)cc1. The van der Waals surface area contributed by atoms with Gasteiger partial charge in [0.05, 0.1) is 26.0 Å². The summed E-state index contributed by atoms with van der Waals surface area (Å²) in [4.78, 5) is 16.3. The van der Waals surface area contributed by atoms with E-state index in [4.69, 9.17) is 13.6 Å². The molecule has 6 nitrogen and oxygen atoms in total. The molecule has 0 saturated heterocycles. The van der Waals surface area contributed by atoms with Gasteiger partial charge in [-0.25, -0.2) is 0 Å². The summed E-state index contributed by atoms with van der Waals surface area (Å²) in [6.07, 6.45) is 1.23. The van der Waals surface area contributed by atoms with Crippen molar-refractivity contribution in [2.75, 3.05) is 13.7 Å². The summed E-state index contributed by atoms with van der Waals surface area (Å²) in [5, 5.41) is 6.13. The normalized spacial score (nSPS) is 16.5. The second kappa shape index (κ2) is 14.2. The summed E-state index contributed by atoms with van der Waals surface area (Å²) in [5.41, 5.74) is 2.51. The van der Waals surface area contributed by atoms with Gasteiger partial charge < -0.3 is 18.5 Å². The molecule has 51 heavy (non-hydrogen) atoms. The molecule has 258 valence electrons. The average Bonchev–Trinajstić information content (AvgIpc) is 3.77. The average molecular weight is 693 g/mol. The van der Waals surface area contributed by atoms with Gasteiger partial charge in [-0.2, -0.15) is 0 Å². The van der Waals surface area contributed by atoms with Crippen molar-refractivity contribution in [3.05, 3.63) is 186 Å². The summed E-state index contributed by atoms with van der Waals surface area (Å²) < 4.78 is 19.3. The van der Waals surface area contributed by atoms with Crippen LogP contribution in [0.4, 0.5) is 0 Å². The van der Waals surface area contributed by atoms with Gasteiger partial charge in [-0.15, -0.1) is 0 Å². The summed E-state index contributed by atoms with van der Waals surface area (Å²) in [5.74, 6) is 1.41. The van der Waals surface area contributed by atoms with E-state index in [0.29, 0.717) is 17.9 Å². The Morgan fingerprint density at radius 2 is 1.33 bits per heavy atom. The van der Waals surface area contributed by atoms with Gasteiger partial charge in [0.15, 0.2) is 0 Å². The van der Waals surface area contributed by atoms with Crippen molar-refractivity contribution in [3.63, 3.8) is 0 Å². The maximum absolute atomic E-state index is 14.4. The molecule has 7 heteroatoms. The number of methoxy groups -OCH3 is 1. The number of amides is 1. The lowest BCUT2D eigenvalue weighted by molar-refractivity contribution is 0.0456. The zero-order valence-corrected chi connectivity index (χ0v) is 30.6. The van der Waals surface area contributed by atoms with Crippen molar-refractivity contribution in [2.24, 2.45) is 0 Å². The number of hydrogen-bond acceptors (Lipinski definition) is 5. The number of benzene rings is 5. The van der Waals surface area contributed by atoms with Gasteiger partial charge in [0, 0.05) is 17.7 Å². The molecule has 1 N–H and O–H groups in total. The number of hydrogen-bond donors (Lipinski definition) is 1. The number of fused-ring (bicyclic) bond motifs is 1. The van der Waals surface area contributed by atoms with Gasteiger partial charge in [-0.05, 0) is 56.9 Å². The zero-order valence-electron chi connectivity index (χ0n) is 29.6. The van der Waals surface area contributed by atoms with Crippen LogP contribution in [0.1, 0.15) is 59.7 Å². The highest BCUT2D eigenvalue weighted by Crippen LogP contribution is 2.45. The van der Waals surface area contributed by atoms with Gasteiger partial charge >= 0.3 is 0 Å². The Hall–Kier alpha value is -5.21. The molecular weight excluding hydrogens is 649 g/mol. The first-order valence-corrected chi connectivity index (χ1v) is 19.4. The summed E-state index contributed by atoms with van der Waals surface area (Å²) in [6, 6.07) is 51.4. The van der Waals surface area contributed by atoms with Gasteiger partial charge in [0.1, 0.15) is 17.2 Å². The van der Waals surface area contributed by atoms with Gasteiger partial charge in [0.2, 0.25) is 0 Å². The highest BCUT2D eigenvalue weighted by Gasteiger charge is 2.54. The molecule has 6 aromatic rings. The lowest BCUT2D eigenvalue weighted by Gasteiger charge is -2.46. The van der Waals surface area contributed by atoms with Crippen LogP contribution < -0.4 is 20.4 Å². The Labute approximate surface area is 301 Å². The molecule has 0 radical (unpaired) electrons. The third-order valence-electron chi connectivity index (χ3n) is 10.0. The van der Waals surface area contributed by atoms with Crippen LogP contribution in [-0.2, 0) is 16.6 Å². The van der Waals surface area contributed by atoms with E-state index in [1.807, 2.05) is 65.6 Å². The fourth-order valence-electron chi connectivity index (χ4n) is 7.65. The van der Waals surface area contributed by atoms with E-state index < -0.39 is 20.1 Å².